The van der Waals surface area contributed by atoms with Crippen molar-refractivity contribution in [2.45, 2.75) is 0 Å². The standard InChI is InChI=1S/C11H9N5/c12-7-10-5-6-14-11(16-10)15-9-3-1-8(13)2-4-9/h1-6H,13H2,(H,14,15,16). The predicted molar refractivity (Wildman–Crippen MR) is 60.9 cm³/mol. The van der Waals surface area contributed by atoms with Gasteiger partial charge in [0.25, 0.3) is 0 Å². The molecule has 16 heavy (non-hydrogen) atoms. The average molecular weight is 211 g/mol. The second kappa shape index (κ2) is 4.28. The third kappa shape index (κ3) is 2.25. The lowest BCUT2D eigenvalue weighted by molar-refractivity contribution is 1.14. The largest absolute Gasteiger partial charge is 0.399 e. The van der Waals surface area contributed by atoms with Crippen molar-refractivity contribution in [3.05, 3.63) is 42.2 Å². The molecule has 0 unspecified atom stereocenters. The number of aromatic nitrogens is 2. The number of nitriles is 1. The van der Waals surface area contributed by atoms with Crippen LogP contribution in [-0.2, 0) is 0 Å². The Labute approximate surface area is 92.6 Å². The number of anilines is 3. The van der Waals surface area contributed by atoms with Crippen molar-refractivity contribution in [1.29, 1.82) is 5.26 Å². The highest BCUT2D eigenvalue weighted by molar-refractivity contribution is 5.57. The molecule has 0 amide bonds. The molecule has 0 fully saturated rings. The summed E-state index contributed by atoms with van der Waals surface area (Å²) in [6.45, 7) is 0. The van der Waals surface area contributed by atoms with Crippen molar-refractivity contribution < 1.29 is 0 Å². The zero-order valence-corrected chi connectivity index (χ0v) is 8.38. The first-order chi connectivity index (χ1) is 7.78. The quantitative estimate of drug-likeness (QED) is 0.738. The number of nitrogens with zero attached hydrogens (tertiary/aromatic N) is 3. The molecule has 0 saturated carbocycles. The highest BCUT2D eigenvalue weighted by Gasteiger charge is 1.98. The normalized spacial score (nSPS) is 9.44. The van der Waals surface area contributed by atoms with Crippen LogP contribution in [0.2, 0.25) is 0 Å². The van der Waals surface area contributed by atoms with Crippen molar-refractivity contribution in [3.63, 3.8) is 0 Å². The Bertz CT molecular complexity index is 527. The highest BCUT2D eigenvalue weighted by Crippen LogP contribution is 2.14. The lowest BCUT2D eigenvalue weighted by Crippen LogP contribution is -1.98. The molecular weight excluding hydrogens is 202 g/mol. The van der Waals surface area contributed by atoms with Gasteiger partial charge < -0.3 is 11.1 Å². The lowest BCUT2D eigenvalue weighted by atomic mass is 10.3. The van der Waals surface area contributed by atoms with Gasteiger partial charge >= 0.3 is 0 Å². The molecule has 78 valence electrons. The molecule has 5 nitrogen and oxygen atoms in total. The van der Waals surface area contributed by atoms with Gasteiger partial charge in [-0.1, -0.05) is 0 Å². The van der Waals surface area contributed by atoms with Gasteiger partial charge in [-0.15, -0.1) is 0 Å². The van der Waals surface area contributed by atoms with E-state index in [1.54, 1.807) is 18.2 Å². The van der Waals surface area contributed by atoms with Crippen molar-refractivity contribution in [3.8, 4) is 6.07 Å². The van der Waals surface area contributed by atoms with Crippen LogP contribution in [0.1, 0.15) is 5.69 Å². The number of hydrogen-bond acceptors (Lipinski definition) is 5. The maximum Gasteiger partial charge on any atom is 0.228 e. The molecule has 0 aliphatic heterocycles. The van der Waals surface area contributed by atoms with Crippen LogP contribution in [0, 0.1) is 11.3 Å². The van der Waals surface area contributed by atoms with Gasteiger partial charge in [-0.3, -0.25) is 0 Å². The maximum atomic E-state index is 8.68. The first kappa shape index (κ1) is 9.93. The van der Waals surface area contributed by atoms with E-state index >= 15 is 0 Å². The first-order valence-corrected chi connectivity index (χ1v) is 4.63. The lowest BCUT2D eigenvalue weighted by Gasteiger charge is -2.04. The van der Waals surface area contributed by atoms with Gasteiger partial charge in [0.15, 0.2) is 0 Å². The summed E-state index contributed by atoms with van der Waals surface area (Å²) in [6, 6.07) is 10.7. The summed E-state index contributed by atoms with van der Waals surface area (Å²) < 4.78 is 0. The van der Waals surface area contributed by atoms with E-state index in [0.717, 1.165) is 5.69 Å². The summed E-state index contributed by atoms with van der Waals surface area (Å²) >= 11 is 0. The van der Waals surface area contributed by atoms with Crippen LogP contribution >= 0.6 is 0 Å². The minimum atomic E-state index is 0.327. The van der Waals surface area contributed by atoms with Crippen molar-refractivity contribution in [2.75, 3.05) is 11.1 Å². The second-order valence-electron chi connectivity index (χ2n) is 3.12. The Morgan fingerprint density at radius 3 is 2.62 bits per heavy atom. The zero-order chi connectivity index (χ0) is 11.4. The fourth-order valence-electron chi connectivity index (χ4n) is 1.18. The third-order valence-corrected chi connectivity index (χ3v) is 1.94. The molecule has 1 aromatic carbocycles. The molecule has 1 aromatic heterocycles. The molecule has 0 aliphatic rings. The smallest absolute Gasteiger partial charge is 0.228 e. The Morgan fingerprint density at radius 1 is 1.19 bits per heavy atom. The molecule has 0 atom stereocenters. The molecule has 0 saturated heterocycles. The van der Waals surface area contributed by atoms with E-state index in [4.69, 9.17) is 11.0 Å². The van der Waals surface area contributed by atoms with Gasteiger partial charge in [-0.05, 0) is 30.3 Å². The molecule has 5 heteroatoms. The van der Waals surface area contributed by atoms with Gasteiger partial charge in [-0.2, -0.15) is 5.26 Å². The average Bonchev–Trinajstić information content (AvgIpc) is 2.32. The van der Waals surface area contributed by atoms with Crippen LogP contribution < -0.4 is 11.1 Å². The van der Waals surface area contributed by atoms with E-state index in [0.29, 0.717) is 17.3 Å². The Morgan fingerprint density at radius 2 is 1.94 bits per heavy atom. The van der Waals surface area contributed by atoms with Gasteiger partial charge in [0.05, 0.1) is 0 Å². The van der Waals surface area contributed by atoms with Crippen LogP contribution in [0.3, 0.4) is 0 Å². The molecular formula is C11H9N5. The van der Waals surface area contributed by atoms with Gasteiger partial charge in [0, 0.05) is 17.6 Å². The minimum absolute atomic E-state index is 0.327. The monoisotopic (exact) mass is 211 g/mol. The topological polar surface area (TPSA) is 87.6 Å². The Hall–Kier alpha value is -2.61. The summed E-state index contributed by atoms with van der Waals surface area (Å²) in [5.74, 6) is 0.392. The number of hydrogen-bond donors (Lipinski definition) is 2. The zero-order valence-electron chi connectivity index (χ0n) is 8.38. The number of nitrogens with one attached hydrogen (secondary N) is 1. The fourth-order valence-corrected chi connectivity index (χ4v) is 1.18. The van der Waals surface area contributed by atoms with Crippen molar-refractivity contribution in [2.24, 2.45) is 0 Å². The van der Waals surface area contributed by atoms with E-state index in [2.05, 4.69) is 15.3 Å². The summed E-state index contributed by atoms with van der Waals surface area (Å²) in [5, 5.41) is 11.7. The molecule has 1 heterocycles. The molecule has 3 N–H and O–H groups in total. The van der Waals surface area contributed by atoms with Crippen LogP contribution in [0.4, 0.5) is 17.3 Å². The number of nitrogen functional groups attached to an aromatic ring is 1. The minimum Gasteiger partial charge on any atom is -0.399 e. The molecule has 0 radical (unpaired) electrons. The Kier molecular flexibility index (Phi) is 2.65. The molecule has 0 aliphatic carbocycles. The van der Waals surface area contributed by atoms with E-state index in [-0.39, 0.29) is 0 Å². The molecule has 2 aromatic rings. The summed E-state index contributed by atoms with van der Waals surface area (Å²) in [6.07, 6.45) is 1.53. The fraction of sp³-hybridized carbons (Fsp3) is 0. The summed E-state index contributed by atoms with van der Waals surface area (Å²) in [5.41, 5.74) is 7.41. The van der Waals surface area contributed by atoms with Crippen molar-refractivity contribution >= 4 is 17.3 Å². The highest BCUT2D eigenvalue weighted by atomic mass is 15.1. The van der Waals surface area contributed by atoms with Crippen LogP contribution in [0.15, 0.2) is 36.5 Å². The van der Waals surface area contributed by atoms with E-state index < -0.39 is 0 Å². The maximum absolute atomic E-state index is 8.68. The number of rotatable bonds is 2. The SMILES string of the molecule is N#Cc1ccnc(Nc2ccc(N)cc2)n1. The second-order valence-corrected chi connectivity index (χ2v) is 3.12. The summed E-state index contributed by atoms with van der Waals surface area (Å²) in [7, 11) is 0. The van der Waals surface area contributed by atoms with Crippen LogP contribution in [0.5, 0.6) is 0 Å². The Balaban J connectivity index is 2.21. The van der Waals surface area contributed by atoms with Crippen LogP contribution in [0.25, 0.3) is 0 Å². The van der Waals surface area contributed by atoms with E-state index in [1.807, 2.05) is 18.2 Å². The van der Waals surface area contributed by atoms with Crippen molar-refractivity contribution in [1.82, 2.24) is 9.97 Å². The van der Waals surface area contributed by atoms with E-state index in [1.165, 1.54) is 6.20 Å². The number of benzene rings is 1. The molecule has 2 rings (SSSR count). The predicted octanol–water partition coefficient (Wildman–Crippen LogP) is 1.67. The third-order valence-electron chi connectivity index (χ3n) is 1.94. The molecule has 0 bridgehead atoms. The first-order valence-electron chi connectivity index (χ1n) is 4.63. The van der Waals surface area contributed by atoms with Gasteiger partial charge in [0.1, 0.15) is 11.8 Å². The number of nitrogens with two attached hydrogens (primary N) is 1. The molecule has 0 spiro atoms. The van der Waals surface area contributed by atoms with Gasteiger partial charge in [0.2, 0.25) is 5.95 Å². The summed E-state index contributed by atoms with van der Waals surface area (Å²) in [4.78, 5) is 7.99. The van der Waals surface area contributed by atoms with Gasteiger partial charge in [-0.25, -0.2) is 9.97 Å². The van der Waals surface area contributed by atoms with E-state index in [9.17, 15) is 0 Å². The van der Waals surface area contributed by atoms with Crippen LogP contribution in [-0.4, -0.2) is 9.97 Å².